The van der Waals surface area contributed by atoms with E-state index in [-0.39, 0.29) is 11.9 Å². The summed E-state index contributed by atoms with van der Waals surface area (Å²) in [5, 5.41) is 3.88. The van der Waals surface area contributed by atoms with Crippen molar-refractivity contribution >= 4 is 46.7 Å². The van der Waals surface area contributed by atoms with Gasteiger partial charge < -0.3 is 10.2 Å². The average molecular weight is 357 g/mol. The van der Waals surface area contributed by atoms with Crippen LogP contribution in [0.15, 0.2) is 24.4 Å². The second-order valence-electron chi connectivity index (χ2n) is 5.13. The normalized spacial score (nSPS) is 15.8. The van der Waals surface area contributed by atoms with E-state index < -0.39 is 0 Å². The molecule has 1 amide bonds. The Morgan fingerprint density at radius 3 is 2.68 bits per heavy atom. The van der Waals surface area contributed by atoms with E-state index in [0.717, 1.165) is 31.7 Å². The Morgan fingerprint density at radius 1 is 1.27 bits per heavy atom. The van der Waals surface area contributed by atoms with Crippen molar-refractivity contribution in [2.24, 2.45) is 0 Å². The maximum Gasteiger partial charge on any atom is 0.251 e. The lowest BCUT2D eigenvalue weighted by atomic mass is 10.0. The maximum atomic E-state index is 12.2. The van der Waals surface area contributed by atoms with Gasteiger partial charge in [0.2, 0.25) is 0 Å². The molecule has 5 nitrogen and oxygen atoms in total. The number of hydrogen-bond donors (Lipinski definition) is 1. The monoisotopic (exact) mass is 356 g/mol. The summed E-state index contributed by atoms with van der Waals surface area (Å²) in [6, 6.07) is 5.07. The number of hydrogen-bond acceptors (Lipinski definition) is 5. The van der Waals surface area contributed by atoms with E-state index in [1.807, 2.05) is 0 Å². The first-order valence-corrected chi connectivity index (χ1v) is 8.40. The fourth-order valence-corrected chi connectivity index (χ4v) is 3.19. The highest BCUT2D eigenvalue weighted by atomic mass is 35.5. The molecule has 1 aromatic carbocycles. The van der Waals surface area contributed by atoms with Gasteiger partial charge in [-0.3, -0.25) is 4.79 Å². The molecule has 0 unspecified atom stereocenters. The quantitative estimate of drug-likeness (QED) is 0.916. The summed E-state index contributed by atoms with van der Waals surface area (Å²) in [4.78, 5) is 14.4. The van der Waals surface area contributed by atoms with Crippen molar-refractivity contribution in [1.29, 1.82) is 0 Å². The van der Waals surface area contributed by atoms with E-state index in [0.29, 0.717) is 15.6 Å². The van der Waals surface area contributed by atoms with Crippen LogP contribution in [0.25, 0.3) is 0 Å². The standard InChI is InChI=1S/C14H14Cl2N4OS/c15-11-2-1-9(7-12(11)16)14(21)18-10-3-5-20(6-4-10)13-8-17-22-19-13/h1-2,7-8,10H,3-6H2,(H,18,21). The van der Waals surface area contributed by atoms with Gasteiger partial charge in [-0.05, 0) is 31.0 Å². The average Bonchev–Trinajstić information content (AvgIpc) is 3.05. The molecule has 1 aliphatic rings. The van der Waals surface area contributed by atoms with Crippen molar-refractivity contribution in [2.75, 3.05) is 18.0 Å². The second kappa shape index (κ2) is 6.81. The Bertz CT molecular complexity index is 657. The van der Waals surface area contributed by atoms with Crippen molar-refractivity contribution in [2.45, 2.75) is 18.9 Å². The maximum absolute atomic E-state index is 12.2. The Labute approximate surface area is 142 Å². The fourth-order valence-electron chi connectivity index (χ4n) is 2.46. The van der Waals surface area contributed by atoms with Crippen LogP contribution in [-0.4, -0.2) is 33.8 Å². The van der Waals surface area contributed by atoms with Crippen molar-refractivity contribution in [3.05, 3.63) is 40.0 Å². The van der Waals surface area contributed by atoms with Crippen LogP contribution in [0.5, 0.6) is 0 Å². The topological polar surface area (TPSA) is 58.1 Å². The van der Waals surface area contributed by atoms with Gasteiger partial charge in [0.05, 0.1) is 28.0 Å². The number of rotatable bonds is 3. The molecule has 116 valence electrons. The van der Waals surface area contributed by atoms with Gasteiger partial charge in [-0.2, -0.15) is 8.75 Å². The molecule has 1 saturated heterocycles. The fraction of sp³-hybridized carbons (Fsp3) is 0.357. The minimum atomic E-state index is -0.118. The number of carbonyl (C=O) groups is 1. The SMILES string of the molecule is O=C(NC1CCN(c2cnsn2)CC1)c1ccc(Cl)c(Cl)c1. The summed E-state index contributed by atoms with van der Waals surface area (Å²) >= 11 is 13.0. The predicted molar refractivity (Wildman–Crippen MR) is 89.1 cm³/mol. The number of anilines is 1. The van der Waals surface area contributed by atoms with Gasteiger partial charge in [0.15, 0.2) is 5.82 Å². The molecule has 2 aromatic rings. The van der Waals surface area contributed by atoms with Crippen LogP contribution in [0.4, 0.5) is 5.82 Å². The number of benzene rings is 1. The van der Waals surface area contributed by atoms with Gasteiger partial charge in [-0.15, -0.1) is 0 Å². The lowest BCUT2D eigenvalue weighted by Gasteiger charge is -2.32. The molecule has 8 heteroatoms. The molecular formula is C14H14Cl2N4OS. The largest absolute Gasteiger partial charge is 0.354 e. The Kier molecular flexibility index (Phi) is 4.81. The minimum absolute atomic E-state index is 0.118. The van der Waals surface area contributed by atoms with Crippen LogP contribution < -0.4 is 10.2 Å². The van der Waals surface area contributed by atoms with Crippen LogP contribution in [0.3, 0.4) is 0 Å². The number of nitrogens with zero attached hydrogens (tertiary/aromatic N) is 3. The highest BCUT2D eigenvalue weighted by molar-refractivity contribution is 6.99. The zero-order chi connectivity index (χ0) is 15.5. The van der Waals surface area contributed by atoms with Gasteiger partial charge in [-0.25, -0.2) is 0 Å². The van der Waals surface area contributed by atoms with Crippen molar-refractivity contribution in [3.63, 3.8) is 0 Å². The molecule has 0 saturated carbocycles. The van der Waals surface area contributed by atoms with E-state index in [4.69, 9.17) is 23.2 Å². The first-order chi connectivity index (χ1) is 10.6. The predicted octanol–water partition coefficient (Wildman–Crippen LogP) is 3.24. The van der Waals surface area contributed by atoms with Crippen molar-refractivity contribution in [1.82, 2.24) is 14.1 Å². The highest BCUT2D eigenvalue weighted by Crippen LogP contribution is 2.23. The van der Waals surface area contributed by atoms with E-state index in [1.165, 1.54) is 11.7 Å². The molecule has 22 heavy (non-hydrogen) atoms. The van der Waals surface area contributed by atoms with Gasteiger partial charge in [-0.1, -0.05) is 23.2 Å². The van der Waals surface area contributed by atoms with Gasteiger partial charge in [0.25, 0.3) is 5.91 Å². The Hall–Kier alpha value is -1.37. The highest BCUT2D eigenvalue weighted by Gasteiger charge is 2.22. The zero-order valence-corrected chi connectivity index (χ0v) is 14.0. The zero-order valence-electron chi connectivity index (χ0n) is 11.6. The van der Waals surface area contributed by atoms with E-state index in [2.05, 4.69) is 19.0 Å². The number of carbonyl (C=O) groups excluding carboxylic acids is 1. The van der Waals surface area contributed by atoms with Gasteiger partial charge >= 0.3 is 0 Å². The van der Waals surface area contributed by atoms with E-state index >= 15 is 0 Å². The third kappa shape index (κ3) is 3.51. The summed E-state index contributed by atoms with van der Waals surface area (Å²) < 4.78 is 8.25. The number of aromatic nitrogens is 2. The Morgan fingerprint density at radius 2 is 2.05 bits per heavy atom. The third-order valence-electron chi connectivity index (χ3n) is 3.69. The molecular weight excluding hydrogens is 343 g/mol. The molecule has 2 heterocycles. The Balaban J connectivity index is 1.56. The number of halogens is 2. The van der Waals surface area contributed by atoms with E-state index in [1.54, 1.807) is 24.4 Å². The van der Waals surface area contributed by atoms with Gasteiger partial charge in [0, 0.05) is 24.7 Å². The number of nitrogens with one attached hydrogen (secondary N) is 1. The third-order valence-corrected chi connectivity index (χ3v) is 4.89. The molecule has 0 spiro atoms. The lowest BCUT2D eigenvalue weighted by molar-refractivity contribution is 0.0931. The summed E-state index contributed by atoms with van der Waals surface area (Å²) in [6.07, 6.45) is 3.54. The smallest absolute Gasteiger partial charge is 0.251 e. The summed E-state index contributed by atoms with van der Waals surface area (Å²) in [7, 11) is 0. The first kappa shape index (κ1) is 15.5. The molecule has 1 aromatic heterocycles. The second-order valence-corrected chi connectivity index (χ2v) is 6.50. The van der Waals surface area contributed by atoms with E-state index in [9.17, 15) is 4.79 Å². The molecule has 3 rings (SSSR count). The molecule has 1 fully saturated rings. The van der Waals surface area contributed by atoms with Crippen LogP contribution in [0.1, 0.15) is 23.2 Å². The van der Waals surface area contributed by atoms with Gasteiger partial charge in [0.1, 0.15) is 0 Å². The van der Waals surface area contributed by atoms with Crippen LogP contribution in [0.2, 0.25) is 10.0 Å². The van der Waals surface area contributed by atoms with Crippen molar-refractivity contribution < 1.29 is 4.79 Å². The lowest BCUT2D eigenvalue weighted by Crippen LogP contribution is -2.44. The number of piperidine rings is 1. The van der Waals surface area contributed by atoms with Crippen molar-refractivity contribution in [3.8, 4) is 0 Å². The van der Waals surface area contributed by atoms with Crippen LogP contribution in [-0.2, 0) is 0 Å². The molecule has 0 bridgehead atoms. The molecule has 0 aliphatic carbocycles. The minimum Gasteiger partial charge on any atom is -0.354 e. The molecule has 1 aliphatic heterocycles. The summed E-state index contributed by atoms with van der Waals surface area (Å²) in [5.41, 5.74) is 0.528. The van der Waals surface area contributed by atoms with Crippen LogP contribution >= 0.6 is 34.9 Å². The molecule has 0 radical (unpaired) electrons. The molecule has 1 N–H and O–H groups in total. The number of amides is 1. The summed E-state index contributed by atoms with van der Waals surface area (Å²) in [6.45, 7) is 1.72. The summed E-state index contributed by atoms with van der Waals surface area (Å²) in [5.74, 6) is 0.798. The van der Waals surface area contributed by atoms with Crippen LogP contribution in [0, 0.1) is 0 Å². The molecule has 0 atom stereocenters. The first-order valence-electron chi connectivity index (χ1n) is 6.92.